The zero-order chi connectivity index (χ0) is 13.3. The number of hydrogen-bond donors (Lipinski definition) is 2. The van der Waals surface area contributed by atoms with E-state index < -0.39 is 17.5 Å². The molecule has 0 bridgehead atoms. The van der Waals surface area contributed by atoms with Crippen molar-refractivity contribution in [3.8, 4) is 0 Å². The molecule has 1 fully saturated rings. The van der Waals surface area contributed by atoms with Crippen molar-refractivity contribution in [1.29, 1.82) is 0 Å². The third-order valence-electron chi connectivity index (χ3n) is 3.85. The number of aliphatic carboxylic acids is 1. The third-order valence-corrected chi connectivity index (χ3v) is 3.85. The predicted molar refractivity (Wildman–Crippen MR) is 66.1 cm³/mol. The molecule has 96 valence electrons. The summed E-state index contributed by atoms with van der Waals surface area (Å²) in [7, 11) is 0. The van der Waals surface area contributed by atoms with E-state index in [-0.39, 0.29) is 5.92 Å². The summed E-state index contributed by atoms with van der Waals surface area (Å²) in [4.78, 5) is 24.1. The number of carboxylic acids is 1. The van der Waals surface area contributed by atoms with Crippen molar-refractivity contribution in [2.75, 3.05) is 6.54 Å². The van der Waals surface area contributed by atoms with Gasteiger partial charge in [-0.2, -0.15) is 0 Å². The first kappa shape index (κ1) is 12.4. The summed E-state index contributed by atoms with van der Waals surface area (Å²) >= 11 is 0. The Morgan fingerprint density at radius 3 is 2.39 bits per heavy atom. The number of carbonyl (C=O) groups excluding carboxylic acids is 1. The summed E-state index contributed by atoms with van der Waals surface area (Å²) in [5.74, 6) is -1.29. The second-order valence-corrected chi connectivity index (χ2v) is 4.60. The average molecular weight is 248 g/mol. The van der Waals surface area contributed by atoms with E-state index in [1.54, 1.807) is 0 Å². The zero-order valence-electron chi connectivity index (χ0n) is 10.2. The van der Waals surface area contributed by atoms with E-state index >= 15 is 0 Å². The molecule has 0 spiro atoms. The second kappa shape index (κ2) is 4.33. The normalized spacial score (nSPS) is 24.2. The molecule has 1 heterocycles. The van der Waals surface area contributed by atoms with Crippen LogP contribution in [0.3, 0.4) is 0 Å². The molecule has 2 atom stereocenters. The molecule has 0 radical (unpaired) electrons. The number of amides is 2. The monoisotopic (exact) mass is 248 g/mol. The van der Waals surface area contributed by atoms with E-state index in [0.29, 0.717) is 13.0 Å². The highest BCUT2D eigenvalue weighted by atomic mass is 16.4. The molecule has 1 saturated heterocycles. The Kier molecular flexibility index (Phi) is 2.98. The largest absolute Gasteiger partial charge is 0.479 e. The predicted octanol–water partition coefficient (Wildman–Crippen LogP) is 1.40. The molecule has 2 rings (SSSR count). The number of urea groups is 1. The van der Waals surface area contributed by atoms with Crippen LogP contribution in [0.4, 0.5) is 4.79 Å². The number of primary amides is 1. The maximum Gasteiger partial charge on any atom is 0.330 e. The molecule has 1 aromatic rings. The number of nitrogens with zero attached hydrogens (tertiary/aromatic N) is 1. The van der Waals surface area contributed by atoms with Gasteiger partial charge in [0, 0.05) is 12.5 Å². The van der Waals surface area contributed by atoms with Crippen LogP contribution in [0, 0.1) is 0 Å². The van der Waals surface area contributed by atoms with Crippen molar-refractivity contribution in [3.63, 3.8) is 0 Å². The summed E-state index contributed by atoms with van der Waals surface area (Å²) in [6.07, 6.45) is 0.432. The SMILES string of the molecule is C[C@H](c1ccccc1)C1(C(=O)O)CCN1C(N)=O. The highest BCUT2D eigenvalue weighted by Crippen LogP contribution is 2.42. The Labute approximate surface area is 105 Å². The molecule has 1 aliphatic rings. The molecule has 1 aromatic carbocycles. The van der Waals surface area contributed by atoms with E-state index in [0.717, 1.165) is 5.56 Å². The first-order valence-corrected chi connectivity index (χ1v) is 5.85. The van der Waals surface area contributed by atoms with Crippen molar-refractivity contribution in [2.45, 2.75) is 24.8 Å². The molecule has 3 N–H and O–H groups in total. The lowest BCUT2D eigenvalue weighted by atomic mass is 9.71. The number of carbonyl (C=O) groups is 2. The van der Waals surface area contributed by atoms with Crippen LogP contribution >= 0.6 is 0 Å². The minimum absolute atomic E-state index is 0.294. The average Bonchev–Trinajstić information content (AvgIpc) is 2.28. The first-order chi connectivity index (χ1) is 8.50. The van der Waals surface area contributed by atoms with E-state index in [1.165, 1.54) is 4.90 Å². The number of likely N-dealkylation sites (tertiary alicyclic amines) is 1. The van der Waals surface area contributed by atoms with Gasteiger partial charge in [-0.3, -0.25) is 0 Å². The van der Waals surface area contributed by atoms with Gasteiger partial charge in [-0.05, 0) is 12.0 Å². The first-order valence-electron chi connectivity index (χ1n) is 5.85. The van der Waals surface area contributed by atoms with Crippen LogP contribution in [0.5, 0.6) is 0 Å². The fourth-order valence-corrected chi connectivity index (χ4v) is 2.65. The van der Waals surface area contributed by atoms with Crippen LogP contribution < -0.4 is 5.73 Å². The second-order valence-electron chi connectivity index (χ2n) is 4.60. The minimum atomic E-state index is -1.20. The maximum absolute atomic E-state index is 11.6. The summed E-state index contributed by atoms with van der Waals surface area (Å²) in [6, 6.07) is 8.64. The van der Waals surface area contributed by atoms with Crippen LogP contribution in [0.1, 0.15) is 24.8 Å². The van der Waals surface area contributed by atoms with Crippen LogP contribution in [-0.2, 0) is 4.79 Å². The fourth-order valence-electron chi connectivity index (χ4n) is 2.65. The van der Waals surface area contributed by atoms with Gasteiger partial charge in [-0.15, -0.1) is 0 Å². The van der Waals surface area contributed by atoms with E-state index in [1.807, 2.05) is 37.3 Å². The molecule has 0 aliphatic carbocycles. The standard InChI is InChI=1S/C13H16N2O3/c1-9(10-5-3-2-4-6-10)13(11(16)17)7-8-15(13)12(14)18/h2-6,9H,7-8H2,1H3,(H2,14,18)(H,16,17)/t9-,13?/m1/s1. The Bertz CT molecular complexity index is 474. The third kappa shape index (κ3) is 1.63. The van der Waals surface area contributed by atoms with Gasteiger partial charge < -0.3 is 15.7 Å². The van der Waals surface area contributed by atoms with Gasteiger partial charge >= 0.3 is 12.0 Å². The van der Waals surface area contributed by atoms with Gasteiger partial charge in [0.2, 0.25) is 0 Å². The zero-order valence-corrected chi connectivity index (χ0v) is 10.2. The number of benzene rings is 1. The van der Waals surface area contributed by atoms with Gasteiger partial charge in [0.1, 0.15) is 5.54 Å². The lowest BCUT2D eigenvalue weighted by molar-refractivity contribution is -0.159. The number of hydrogen-bond acceptors (Lipinski definition) is 2. The highest BCUT2D eigenvalue weighted by Gasteiger charge is 2.57. The Morgan fingerprint density at radius 1 is 1.39 bits per heavy atom. The number of nitrogens with two attached hydrogens (primary N) is 1. The van der Waals surface area contributed by atoms with Crippen LogP contribution in [0.15, 0.2) is 30.3 Å². The van der Waals surface area contributed by atoms with Crippen LogP contribution in [0.25, 0.3) is 0 Å². The van der Waals surface area contributed by atoms with Crippen LogP contribution in [-0.4, -0.2) is 34.1 Å². The van der Waals surface area contributed by atoms with Crippen molar-refractivity contribution in [1.82, 2.24) is 4.90 Å². The van der Waals surface area contributed by atoms with Gasteiger partial charge in [0.05, 0.1) is 0 Å². The van der Waals surface area contributed by atoms with Crippen molar-refractivity contribution in [3.05, 3.63) is 35.9 Å². The van der Waals surface area contributed by atoms with E-state index in [9.17, 15) is 14.7 Å². The van der Waals surface area contributed by atoms with Gasteiger partial charge in [-0.1, -0.05) is 37.3 Å². The molecule has 2 amide bonds. The Balaban J connectivity index is 2.38. The Morgan fingerprint density at radius 2 is 2.00 bits per heavy atom. The molecule has 1 unspecified atom stereocenters. The lowest BCUT2D eigenvalue weighted by Crippen LogP contribution is -2.69. The molecular weight excluding hydrogens is 232 g/mol. The summed E-state index contributed by atoms with van der Waals surface area (Å²) in [6.45, 7) is 2.22. The number of rotatable bonds is 3. The maximum atomic E-state index is 11.6. The molecular formula is C13H16N2O3. The summed E-state index contributed by atoms with van der Waals surface area (Å²) in [5, 5.41) is 9.49. The summed E-state index contributed by atoms with van der Waals surface area (Å²) in [5.41, 5.74) is 4.94. The smallest absolute Gasteiger partial charge is 0.330 e. The number of carboxylic acid groups (broad SMARTS) is 1. The minimum Gasteiger partial charge on any atom is -0.479 e. The molecule has 5 nitrogen and oxygen atoms in total. The van der Waals surface area contributed by atoms with Crippen molar-refractivity contribution in [2.24, 2.45) is 5.73 Å². The molecule has 1 aliphatic heterocycles. The lowest BCUT2D eigenvalue weighted by Gasteiger charge is -2.52. The van der Waals surface area contributed by atoms with E-state index in [2.05, 4.69) is 0 Å². The molecule has 0 aromatic heterocycles. The van der Waals surface area contributed by atoms with Crippen LogP contribution in [0.2, 0.25) is 0 Å². The Hall–Kier alpha value is -2.04. The van der Waals surface area contributed by atoms with Gasteiger partial charge in [0.15, 0.2) is 0 Å². The molecule has 5 heteroatoms. The van der Waals surface area contributed by atoms with Crippen molar-refractivity contribution < 1.29 is 14.7 Å². The van der Waals surface area contributed by atoms with E-state index in [4.69, 9.17) is 5.73 Å². The molecule has 0 saturated carbocycles. The quantitative estimate of drug-likeness (QED) is 0.848. The topological polar surface area (TPSA) is 83.6 Å². The van der Waals surface area contributed by atoms with Crippen molar-refractivity contribution >= 4 is 12.0 Å². The fraction of sp³-hybridized carbons (Fsp3) is 0.385. The summed E-state index contributed by atoms with van der Waals surface area (Å²) < 4.78 is 0. The highest BCUT2D eigenvalue weighted by molar-refractivity contribution is 5.88. The van der Waals surface area contributed by atoms with Gasteiger partial charge in [-0.25, -0.2) is 9.59 Å². The van der Waals surface area contributed by atoms with Gasteiger partial charge in [0.25, 0.3) is 0 Å². The molecule has 18 heavy (non-hydrogen) atoms.